The van der Waals surface area contributed by atoms with Crippen molar-refractivity contribution in [3.63, 3.8) is 0 Å². The average Bonchev–Trinajstić information content (AvgIpc) is 3.18. The highest BCUT2D eigenvalue weighted by Gasteiger charge is 2.22. The highest BCUT2D eigenvalue weighted by molar-refractivity contribution is 5.80. The smallest absolute Gasteiger partial charge is 0.306 e. The number of aliphatic imine (C=N–C) groups is 1. The molecule has 2 heterocycles. The molecule has 3 rings (SSSR count). The van der Waals surface area contributed by atoms with E-state index in [1.807, 2.05) is 37.3 Å². The van der Waals surface area contributed by atoms with Crippen molar-refractivity contribution in [2.24, 2.45) is 4.99 Å². The zero-order valence-electron chi connectivity index (χ0n) is 16.0. The van der Waals surface area contributed by atoms with E-state index >= 15 is 0 Å². The van der Waals surface area contributed by atoms with Crippen LogP contribution in [-0.2, 0) is 6.54 Å². The Bertz CT molecular complexity index is 784. The molecule has 1 fully saturated rings. The van der Waals surface area contributed by atoms with Crippen LogP contribution in [0.25, 0.3) is 0 Å². The SMILES string of the molecule is CCNC(=NCCn1cc([N+](=O)[O-])cn1)N1CCC(Oc2ccccc2)CC1. The van der Waals surface area contributed by atoms with Gasteiger partial charge in [-0.05, 0) is 19.1 Å². The first-order chi connectivity index (χ1) is 13.7. The maximum absolute atomic E-state index is 10.7. The Morgan fingerprint density at radius 3 is 2.75 bits per heavy atom. The molecule has 0 radical (unpaired) electrons. The van der Waals surface area contributed by atoms with Gasteiger partial charge in [0, 0.05) is 32.5 Å². The summed E-state index contributed by atoms with van der Waals surface area (Å²) in [5.74, 6) is 1.78. The first kappa shape index (κ1) is 19.7. The summed E-state index contributed by atoms with van der Waals surface area (Å²) in [7, 11) is 0. The normalized spacial score (nSPS) is 15.5. The van der Waals surface area contributed by atoms with Gasteiger partial charge < -0.3 is 15.0 Å². The van der Waals surface area contributed by atoms with E-state index in [9.17, 15) is 10.1 Å². The van der Waals surface area contributed by atoms with Crippen LogP contribution in [0.1, 0.15) is 19.8 Å². The van der Waals surface area contributed by atoms with E-state index in [1.54, 1.807) is 4.68 Å². The third-order valence-corrected chi connectivity index (χ3v) is 4.54. The van der Waals surface area contributed by atoms with Crippen molar-refractivity contribution in [1.29, 1.82) is 0 Å². The van der Waals surface area contributed by atoms with Gasteiger partial charge in [0.15, 0.2) is 5.96 Å². The Morgan fingerprint density at radius 2 is 2.11 bits per heavy atom. The van der Waals surface area contributed by atoms with Gasteiger partial charge in [-0.25, -0.2) is 0 Å². The fraction of sp³-hybridized carbons (Fsp3) is 0.474. The number of nitrogens with zero attached hydrogens (tertiary/aromatic N) is 5. The number of aromatic nitrogens is 2. The summed E-state index contributed by atoms with van der Waals surface area (Å²) in [4.78, 5) is 17.2. The lowest BCUT2D eigenvalue weighted by Crippen LogP contribution is -2.47. The van der Waals surface area contributed by atoms with Crippen molar-refractivity contribution in [1.82, 2.24) is 20.0 Å². The van der Waals surface area contributed by atoms with Gasteiger partial charge in [0.2, 0.25) is 0 Å². The molecule has 28 heavy (non-hydrogen) atoms. The van der Waals surface area contributed by atoms with E-state index in [-0.39, 0.29) is 11.8 Å². The summed E-state index contributed by atoms with van der Waals surface area (Å²) in [6, 6.07) is 9.91. The number of nitro groups is 1. The maximum atomic E-state index is 10.7. The Morgan fingerprint density at radius 1 is 1.36 bits per heavy atom. The second-order valence-corrected chi connectivity index (χ2v) is 6.57. The largest absolute Gasteiger partial charge is 0.490 e. The van der Waals surface area contributed by atoms with E-state index in [2.05, 4.69) is 20.3 Å². The van der Waals surface area contributed by atoms with Crippen molar-refractivity contribution >= 4 is 11.6 Å². The third kappa shape index (κ3) is 5.45. The highest BCUT2D eigenvalue weighted by Crippen LogP contribution is 2.18. The van der Waals surface area contributed by atoms with Gasteiger partial charge in [-0.15, -0.1) is 0 Å². The molecule has 1 aliphatic heterocycles. The molecule has 0 aliphatic carbocycles. The molecule has 1 aromatic carbocycles. The molecule has 1 aliphatic rings. The van der Waals surface area contributed by atoms with Crippen LogP contribution in [0, 0.1) is 10.1 Å². The first-order valence-corrected chi connectivity index (χ1v) is 9.57. The van der Waals surface area contributed by atoms with Gasteiger partial charge in [0.1, 0.15) is 24.2 Å². The number of piperidine rings is 1. The monoisotopic (exact) mass is 386 g/mol. The average molecular weight is 386 g/mol. The first-order valence-electron chi connectivity index (χ1n) is 9.57. The molecule has 1 saturated heterocycles. The fourth-order valence-corrected chi connectivity index (χ4v) is 3.13. The Labute approximate surface area is 164 Å². The van der Waals surface area contributed by atoms with Gasteiger partial charge >= 0.3 is 5.69 Å². The van der Waals surface area contributed by atoms with E-state index in [4.69, 9.17) is 4.74 Å². The Balaban J connectivity index is 1.50. The molecule has 9 heteroatoms. The molecule has 0 amide bonds. The van der Waals surface area contributed by atoms with Gasteiger partial charge in [-0.1, -0.05) is 18.2 Å². The Kier molecular flexibility index (Phi) is 6.83. The predicted molar refractivity (Wildman–Crippen MR) is 107 cm³/mol. The second kappa shape index (κ2) is 9.72. The van der Waals surface area contributed by atoms with Crippen molar-refractivity contribution in [3.8, 4) is 5.75 Å². The number of ether oxygens (including phenoxy) is 1. The van der Waals surface area contributed by atoms with Crippen molar-refractivity contribution in [2.75, 3.05) is 26.2 Å². The number of likely N-dealkylation sites (tertiary alicyclic amines) is 1. The summed E-state index contributed by atoms with van der Waals surface area (Å²) in [6.07, 6.45) is 4.77. The fourth-order valence-electron chi connectivity index (χ4n) is 3.13. The van der Waals surface area contributed by atoms with E-state index < -0.39 is 4.92 Å². The van der Waals surface area contributed by atoms with Crippen LogP contribution in [0.4, 0.5) is 5.69 Å². The quantitative estimate of drug-likeness (QED) is 0.339. The van der Waals surface area contributed by atoms with E-state index in [1.165, 1.54) is 12.4 Å². The standard InChI is InChI=1S/C19H26N6O3/c1-2-20-19(21-10-13-24-15-16(14-22-24)25(26)27)23-11-8-18(9-12-23)28-17-6-4-3-5-7-17/h3-7,14-15,18H,2,8-13H2,1H3,(H,20,21). The third-order valence-electron chi connectivity index (χ3n) is 4.54. The molecule has 0 saturated carbocycles. The number of hydrogen-bond acceptors (Lipinski definition) is 5. The van der Waals surface area contributed by atoms with Gasteiger partial charge in [0.05, 0.1) is 18.0 Å². The lowest BCUT2D eigenvalue weighted by Gasteiger charge is -2.34. The molecular formula is C19H26N6O3. The lowest BCUT2D eigenvalue weighted by atomic mass is 10.1. The summed E-state index contributed by atoms with van der Waals surface area (Å²) in [5.41, 5.74) is -0.00336. The van der Waals surface area contributed by atoms with E-state index in [0.717, 1.165) is 44.2 Å². The zero-order chi connectivity index (χ0) is 19.8. The minimum atomic E-state index is -0.446. The number of guanidine groups is 1. The van der Waals surface area contributed by atoms with Crippen molar-refractivity contribution < 1.29 is 9.66 Å². The summed E-state index contributed by atoms with van der Waals surface area (Å²) < 4.78 is 7.60. The van der Waals surface area contributed by atoms with Crippen LogP contribution in [-0.4, -0.2) is 57.8 Å². The summed E-state index contributed by atoms with van der Waals surface area (Å²) in [6.45, 7) is 5.56. The van der Waals surface area contributed by atoms with Crippen LogP contribution in [0.5, 0.6) is 5.75 Å². The molecular weight excluding hydrogens is 360 g/mol. The lowest BCUT2D eigenvalue weighted by molar-refractivity contribution is -0.385. The van der Waals surface area contributed by atoms with Gasteiger partial charge in [0.25, 0.3) is 0 Å². The molecule has 0 unspecified atom stereocenters. The molecule has 2 aromatic rings. The Hall–Kier alpha value is -3.10. The number of para-hydroxylation sites is 1. The van der Waals surface area contributed by atoms with Crippen LogP contribution in [0.2, 0.25) is 0 Å². The minimum absolute atomic E-state index is 0.00336. The number of benzene rings is 1. The number of hydrogen-bond donors (Lipinski definition) is 1. The highest BCUT2D eigenvalue weighted by atomic mass is 16.6. The molecule has 0 atom stereocenters. The summed E-state index contributed by atoms with van der Waals surface area (Å²) in [5, 5.41) is 18.0. The van der Waals surface area contributed by atoms with Crippen LogP contribution in [0.3, 0.4) is 0 Å². The predicted octanol–water partition coefficient (Wildman–Crippen LogP) is 2.30. The molecule has 0 bridgehead atoms. The van der Waals surface area contributed by atoms with Crippen LogP contribution < -0.4 is 10.1 Å². The minimum Gasteiger partial charge on any atom is -0.490 e. The van der Waals surface area contributed by atoms with Gasteiger partial charge in [-0.3, -0.25) is 19.8 Å². The molecule has 150 valence electrons. The topological polar surface area (TPSA) is 97.8 Å². The molecule has 1 aromatic heterocycles. The zero-order valence-corrected chi connectivity index (χ0v) is 16.0. The van der Waals surface area contributed by atoms with Gasteiger partial charge in [-0.2, -0.15) is 5.10 Å². The maximum Gasteiger partial charge on any atom is 0.306 e. The molecule has 0 spiro atoms. The van der Waals surface area contributed by atoms with E-state index in [0.29, 0.717) is 13.1 Å². The van der Waals surface area contributed by atoms with Crippen molar-refractivity contribution in [2.45, 2.75) is 32.4 Å². The van der Waals surface area contributed by atoms with Crippen LogP contribution in [0.15, 0.2) is 47.7 Å². The molecule has 9 nitrogen and oxygen atoms in total. The summed E-state index contributed by atoms with van der Waals surface area (Å²) >= 11 is 0. The molecule has 1 N–H and O–H groups in total. The number of rotatable bonds is 7. The second-order valence-electron chi connectivity index (χ2n) is 6.57. The number of nitrogens with one attached hydrogen (secondary N) is 1. The van der Waals surface area contributed by atoms with Crippen LogP contribution >= 0.6 is 0 Å². The van der Waals surface area contributed by atoms with Crippen molar-refractivity contribution in [3.05, 3.63) is 52.8 Å².